The van der Waals surface area contributed by atoms with E-state index in [0.29, 0.717) is 6.61 Å². The third-order valence-corrected chi connectivity index (χ3v) is 1.57. The molecule has 0 aliphatic carbocycles. The third-order valence-electron chi connectivity index (χ3n) is 1.57. The average Bonchev–Trinajstić information content (AvgIpc) is 2.12. The number of hydrazone groups is 1. The topological polar surface area (TPSA) is 47.6 Å². The summed E-state index contributed by atoms with van der Waals surface area (Å²) in [6.07, 6.45) is 0.917. The van der Waals surface area contributed by atoms with Crippen molar-refractivity contribution in [2.45, 2.75) is 6.92 Å². The molecule has 0 aliphatic heterocycles. The summed E-state index contributed by atoms with van der Waals surface area (Å²) < 4.78 is 31.3. The predicted molar refractivity (Wildman–Crippen MR) is 49.3 cm³/mol. The van der Waals surface area contributed by atoms with E-state index in [1.165, 1.54) is 0 Å². The van der Waals surface area contributed by atoms with Crippen molar-refractivity contribution in [1.29, 1.82) is 0 Å². The van der Waals surface area contributed by atoms with Crippen molar-refractivity contribution >= 4 is 6.21 Å². The largest absolute Gasteiger partial charge is 0.494 e. The molecule has 0 unspecified atom stereocenters. The van der Waals surface area contributed by atoms with Crippen LogP contribution in [-0.4, -0.2) is 12.8 Å². The van der Waals surface area contributed by atoms with E-state index in [4.69, 9.17) is 10.6 Å². The molecule has 2 N–H and O–H groups in total. The summed E-state index contributed by atoms with van der Waals surface area (Å²) in [5.74, 6) is 3.45. The smallest absolute Gasteiger partial charge is 0.138 e. The molecule has 14 heavy (non-hydrogen) atoms. The fraction of sp³-hybridized carbons (Fsp3) is 0.222. The molecule has 0 saturated heterocycles. The summed E-state index contributed by atoms with van der Waals surface area (Å²) in [5, 5.41) is 3.06. The van der Waals surface area contributed by atoms with Crippen LogP contribution in [-0.2, 0) is 0 Å². The first-order chi connectivity index (χ1) is 6.69. The molecule has 3 nitrogen and oxygen atoms in total. The van der Waals surface area contributed by atoms with Crippen LogP contribution in [0.4, 0.5) is 8.78 Å². The summed E-state index contributed by atoms with van der Waals surface area (Å²) in [4.78, 5) is 0. The first kappa shape index (κ1) is 10.4. The summed E-state index contributed by atoms with van der Waals surface area (Å²) in [6, 6.07) is 2.17. The van der Waals surface area contributed by atoms with Crippen molar-refractivity contribution < 1.29 is 13.5 Å². The van der Waals surface area contributed by atoms with Crippen molar-refractivity contribution in [2.24, 2.45) is 10.9 Å². The van der Waals surface area contributed by atoms with E-state index in [2.05, 4.69) is 5.10 Å². The number of hydrogen-bond acceptors (Lipinski definition) is 3. The Morgan fingerprint density at radius 2 is 2.00 bits per heavy atom. The van der Waals surface area contributed by atoms with Crippen molar-refractivity contribution in [3.05, 3.63) is 29.3 Å². The maximum atomic E-state index is 13.2. The summed E-state index contributed by atoms with van der Waals surface area (Å²) >= 11 is 0. The quantitative estimate of drug-likeness (QED) is 0.458. The van der Waals surface area contributed by atoms with Crippen LogP contribution in [0.25, 0.3) is 0 Å². The molecule has 1 aromatic carbocycles. The van der Waals surface area contributed by atoms with E-state index in [0.717, 1.165) is 18.3 Å². The number of ether oxygens (including phenoxy) is 1. The van der Waals surface area contributed by atoms with Crippen molar-refractivity contribution in [1.82, 2.24) is 0 Å². The highest BCUT2D eigenvalue weighted by atomic mass is 19.1. The van der Waals surface area contributed by atoms with Gasteiger partial charge in [0.25, 0.3) is 0 Å². The molecule has 0 saturated carbocycles. The minimum Gasteiger partial charge on any atom is -0.494 e. The van der Waals surface area contributed by atoms with Crippen molar-refractivity contribution in [2.75, 3.05) is 6.61 Å². The second-order valence-corrected chi connectivity index (χ2v) is 2.51. The van der Waals surface area contributed by atoms with Crippen LogP contribution in [0.15, 0.2) is 17.2 Å². The first-order valence-corrected chi connectivity index (χ1v) is 4.04. The first-order valence-electron chi connectivity index (χ1n) is 4.04. The highest BCUT2D eigenvalue weighted by molar-refractivity contribution is 5.80. The lowest BCUT2D eigenvalue weighted by Crippen LogP contribution is -1.99. The number of nitrogens with two attached hydrogens (primary N) is 1. The van der Waals surface area contributed by atoms with E-state index < -0.39 is 11.6 Å². The highest BCUT2D eigenvalue weighted by Crippen LogP contribution is 2.19. The van der Waals surface area contributed by atoms with Crippen LogP contribution in [0.5, 0.6) is 5.75 Å². The fourth-order valence-electron chi connectivity index (χ4n) is 1.01. The zero-order valence-electron chi connectivity index (χ0n) is 7.63. The molecule has 0 radical (unpaired) electrons. The van der Waals surface area contributed by atoms with E-state index in [9.17, 15) is 8.78 Å². The standard InChI is InChI=1S/C9H10F2N2O/c1-2-14-6-3-8(10)7(5-13-12)9(11)4-6/h3-5H,2,12H2,1H3. The SMILES string of the molecule is CCOc1cc(F)c(C=NN)c(F)c1. The van der Waals surface area contributed by atoms with Gasteiger partial charge in [-0.05, 0) is 6.92 Å². The number of nitrogens with zero attached hydrogens (tertiary/aromatic N) is 1. The monoisotopic (exact) mass is 200 g/mol. The van der Waals surface area contributed by atoms with Gasteiger partial charge in [0.2, 0.25) is 0 Å². The lowest BCUT2D eigenvalue weighted by atomic mass is 10.2. The molecule has 0 fully saturated rings. The molecular formula is C9H10F2N2O. The van der Waals surface area contributed by atoms with Gasteiger partial charge in [-0.3, -0.25) is 0 Å². The van der Waals surface area contributed by atoms with Gasteiger partial charge in [-0.15, -0.1) is 0 Å². The van der Waals surface area contributed by atoms with Gasteiger partial charge in [0, 0.05) is 12.1 Å². The molecule has 1 rings (SSSR count). The predicted octanol–water partition coefficient (Wildman–Crippen LogP) is 1.66. The van der Waals surface area contributed by atoms with Gasteiger partial charge in [-0.25, -0.2) is 8.78 Å². The summed E-state index contributed by atoms with van der Waals surface area (Å²) in [7, 11) is 0. The Labute approximate surface area is 80.2 Å². The number of rotatable bonds is 3. The van der Waals surface area contributed by atoms with Crippen LogP contribution in [0.1, 0.15) is 12.5 Å². The third kappa shape index (κ3) is 2.18. The average molecular weight is 200 g/mol. The second-order valence-electron chi connectivity index (χ2n) is 2.51. The van der Waals surface area contributed by atoms with Crippen molar-refractivity contribution in [3.8, 4) is 5.75 Å². The molecule has 0 bridgehead atoms. The van der Waals surface area contributed by atoms with Gasteiger partial charge in [-0.1, -0.05) is 0 Å². The minimum absolute atomic E-state index is 0.150. The van der Waals surface area contributed by atoms with Crippen LogP contribution in [0, 0.1) is 11.6 Å². The zero-order valence-corrected chi connectivity index (χ0v) is 7.63. The van der Waals surface area contributed by atoms with E-state index >= 15 is 0 Å². The number of benzene rings is 1. The van der Waals surface area contributed by atoms with Crippen LogP contribution in [0.3, 0.4) is 0 Å². The molecule has 0 spiro atoms. The van der Waals surface area contributed by atoms with Crippen LogP contribution in [0.2, 0.25) is 0 Å². The molecule has 0 atom stereocenters. The molecule has 0 amide bonds. The Balaban J connectivity index is 3.11. The Hall–Kier alpha value is -1.65. The fourth-order valence-corrected chi connectivity index (χ4v) is 1.01. The Morgan fingerprint density at radius 3 is 2.43 bits per heavy atom. The highest BCUT2D eigenvalue weighted by Gasteiger charge is 2.09. The van der Waals surface area contributed by atoms with Gasteiger partial charge in [-0.2, -0.15) is 5.10 Å². The maximum absolute atomic E-state index is 13.2. The lowest BCUT2D eigenvalue weighted by molar-refractivity contribution is 0.336. The van der Waals surface area contributed by atoms with E-state index in [-0.39, 0.29) is 11.3 Å². The van der Waals surface area contributed by atoms with Gasteiger partial charge in [0.05, 0.1) is 18.4 Å². The normalized spacial score (nSPS) is 10.8. The molecule has 0 aliphatic rings. The second kappa shape index (κ2) is 4.55. The number of halogens is 2. The van der Waals surface area contributed by atoms with Crippen LogP contribution >= 0.6 is 0 Å². The molecule has 1 aromatic rings. The van der Waals surface area contributed by atoms with Gasteiger partial charge >= 0.3 is 0 Å². The molecule has 0 aromatic heterocycles. The lowest BCUT2D eigenvalue weighted by Gasteiger charge is -2.05. The van der Waals surface area contributed by atoms with Crippen LogP contribution < -0.4 is 10.6 Å². The molecule has 5 heteroatoms. The molecular weight excluding hydrogens is 190 g/mol. The van der Waals surface area contributed by atoms with Gasteiger partial charge in [0.15, 0.2) is 0 Å². The summed E-state index contributed by atoms with van der Waals surface area (Å²) in [6.45, 7) is 2.08. The maximum Gasteiger partial charge on any atom is 0.138 e. The molecule has 0 heterocycles. The van der Waals surface area contributed by atoms with E-state index in [1.807, 2.05) is 0 Å². The molecule has 76 valence electrons. The van der Waals surface area contributed by atoms with Crippen molar-refractivity contribution in [3.63, 3.8) is 0 Å². The van der Waals surface area contributed by atoms with Gasteiger partial charge in [0.1, 0.15) is 17.4 Å². The van der Waals surface area contributed by atoms with Gasteiger partial charge < -0.3 is 10.6 Å². The Kier molecular flexibility index (Phi) is 3.39. The summed E-state index contributed by atoms with van der Waals surface area (Å²) in [5.41, 5.74) is -0.268. The van der Waals surface area contributed by atoms with E-state index in [1.54, 1.807) is 6.92 Å². The minimum atomic E-state index is -0.748. The Bertz CT molecular complexity index is 330. The number of hydrogen-bond donors (Lipinski definition) is 1. The zero-order chi connectivity index (χ0) is 10.6. The Morgan fingerprint density at radius 1 is 1.43 bits per heavy atom.